The van der Waals surface area contributed by atoms with E-state index in [0.717, 1.165) is 11.1 Å². The van der Waals surface area contributed by atoms with Crippen LogP contribution in [0.3, 0.4) is 0 Å². The van der Waals surface area contributed by atoms with Gasteiger partial charge in [0.05, 0.1) is 12.0 Å². The average Bonchev–Trinajstić information content (AvgIpc) is 2.71. The van der Waals surface area contributed by atoms with Gasteiger partial charge in [-0.3, -0.25) is 4.79 Å². The van der Waals surface area contributed by atoms with Gasteiger partial charge in [-0.25, -0.2) is 8.42 Å². The molecule has 0 radical (unpaired) electrons. The summed E-state index contributed by atoms with van der Waals surface area (Å²) in [6, 6.07) is 12.2. The lowest BCUT2D eigenvalue weighted by Gasteiger charge is -2.51. The van der Waals surface area contributed by atoms with Crippen molar-refractivity contribution in [1.82, 2.24) is 4.90 Å². The van der Waals surface area contributed by atoms with E-state index in [0.29, 0.717) is 23.8 Å². The normalized spacial score (nSPS) is 25.7. The maximum atomic E-state index is 13.6. The zero-order valence-corrected chi connectivity index (χ0v) is 18.7. The maximum absolute atomic E-state index is 13.6. The zero-order chi connectivity index (χ0) is 21.8. The molecule has 7 heteroatoms. The van der Waals surface area contributed by atoms with E-state index in [9.17, 15) is 13.2 Å². The number of benzene rings is 2. The van der Waals surface area contributed by atoms with Crippen LogP contribution in [0.2, 0.25) is 0 Å². The Balaban J connectivity index is 1.83. The van der Waals surface area contributed by atoms with E-state index in [-0.39, 0.29) is 4.90 Å². The highest BCUT2D eigenvalue weighted by Crippen LogP contribution is 2.50. The van der Waals surface area contributed by atoms with Crippen molar-refractivity contribution >= 4 is 15.7 Å². The predicted molar refractivity (Wildman–Crippen MR) is 114 cm³/mol. The summed E-state index contributed by atoms with van der Waals surface area (Å²) in [6.45, 7) is 5.93. The van der Waals surface area contributed by atoms with Crippen molar-refractivity contribution in [1.29, 1.82) is 0 Å². The summed E-state index contributed by atoms with van der Waals surface area (Å²) in [5, 5.41) is -1.20. The van der Waals surface area contributed by atoms with E-state index in [1.165, 1.54) is 4.90 Å². The molecule has 6 nitrogen and oxygen atoms in total. The van der Waals surface area contributed by atoms with E-state index in [1.807, 2.05) is 19.1 Å². The number of sulfone groups is 1. The number of carbonyl (C=O) groups is 1. The number of rotatable bonds is 4. The Morgan fingerprint density at radius 3 is 2.43 bits per heavy atom. The summed E-state index contributed by atoms with van der Waals surface area (Å²) in [7, 11) is -0.729. The van der Waals surface area contributed by atoms with Gasteiger partial charge in [0.15, 0.2) is 20.8 Å². The fourth-order valence-corrected chi connectivity index (χ4v) is 6.35. The van der Waals surface area contributed by atoms with Crippen LogP contribution in [0.15, 0.2) is 47.4 Å². The Morgan fingerprint density at radius 2 is 1.83 bits per heavy atom. The monoisotopic (exact) mass is 429 g/mol. The van der Waals surface area contributed by atoms with Gasteiger partial charge in [-0.1, -0.05) is 32.0 Å². The second kappa shape index (κ2) is 7.01. The minimum absolute atomic E-state index is 0.170. The lowest BCUT2D eigenvalue weighted by molar-refractivity contribution is -0.159. The molecule has 30 heavy (non-hydrogen) atoms. The second-order valence-electron chi connectivity index (χ2n) is 8.58. The number of fused-ring (bicyclic) bond motifs is 4. The van der Waals surface area contributed by atoms with Gasteiger partial charge in [-0.05, 0) is 42.2 Å². The molecule has 2 aromatic carbocycles. The standard InChI is InChI=1S/C23H27NO5S/c1-14(2)15-6-9-17(10-7-15)30(26,27)21-19-13-23(3,24(4)22(21)25)29-20-12-16(28-5)8-11-18(19)20/h6-12,14,19,21H,13H2,1-5H3. The number of hydrogen-bond donors (Lipinski definition) is 0. The molecule has 2 aromatic rings. The molecule has 160 valence electrons. The number of likely N-dealkylation sites (tertiary alicyclic amines) is 1. The maximum Gasteiger partial charge on any atom is 0.244 e. The first-order chi connectivity index (χ1) is 14.1. The number of methoxy groups -OCH3 is 1. The van der Waals surface area contributed by atoms with Crippen molar-refractivity contribution in [2.75, 3.05) is 14.2 Å². The molecule has 2 heterocycles. The molecule has 1 saturated heterocycles. The molecule has 2 aliphatic heterocycles. The van der Waals surface area contributed by atoms with Gasteiger partial charge >= 0.3 is 0 Å². The molecule has 3 unspecified atom stereocenters. The second-order valence-corrected chi connectivity index (χ2v) is 10.6. The van der Waals surface area contributed by atoms with Crippen LogP contribution >= 0.6 is 0 Å². The molecule has 1 amide bonds. The fourth-order valence-electron chi connectivity index (χ4n) is 4.44. The lowest BCUT2D eigenvalue weighted by Crippen LogP contribution is -2.64. The van der Waals surface area contributed by atoms with E-state index in [1.54, 1.807) is 44.5 Å². The molecule has 3 atom stereocenters. The smallest absolute Gasteiger partial charge is 0.244 e. The molecule has 4 rings (SSSR count). The third-order valence-corrected chi connectivity index (χ3v) is 8.54. The van der Waals surface area contributed by atoms with Gasteiger partial charge < -0.3 is 14.4 Å². The first kappa shape index (κ1) is 20.7. The van der Waals surface area contributed by atoms with Crippen molar-refractivity contribution in [2.24, 2.45) is 0 Å². The number of hydrogen-bond acceptors (Lipinski definition) is 5. The van der Waals surface area contributed by atoms with Crippen molar-refractivity contribution in [3.05, 3.63) is 53.6 Å². The molecule has 0 N–H and O–H groups in total. The highest BCUT2D eigenvalue weighted by atomic mass is 32.2. The van der Waals surface area contributed by atoms with E-state index < -0.39 is 32.6 Å². The summed E-state index contributed by atoms with van der Waals surface area (Å²) >= 11 is 0. The quantitative estimate of drug-likeness (QED) is 0.741. The largest absolute Gasteiger partial charge is 0.497 e. The summed E-state index contributed by atoms with van der Waals surface area (Å²) < 4.78 is 38.8. The Hall–Kier alpha value is -2.54. The van der Waals surface area contributed by atoms with Crippen LogP contribution in [0, 0.1) is 0 Å². The highest BCUT2D eigenvalue weighted by molar-refractivity contribution is 7.92. The molecular weight excluding hydrogens is 402 g/mol. The Bertz CT molecular complexity index is 1090. The number of amides is 1. The van der Waals surface area contributed by atoms with Crippen LogP contribution in [-0.4, -0.2) is 44.4 Å². The van der Waals surface area contributed by atoms with Crippen LogP contribution in [0.1, 0.15) is 50.2 Å². The van der Waals surface area contributed by atoms with Gasteiger partial charge in [0.1, 0.15) is 11.5 Å². The Morgan fingerprint density at radius 1 is 1.17 bits per heavy atom. The summed E-state index contributed by atoms with van der Waals surface area (Å²) in [5.74, 6) is 0.534. The third kappa shape index (κ3) is 3.07. The molecule has 0 spiro atoms. The fraction of sp³-hybridized carbons (Fsp3) is 0.435. The molecular formula is C23H27NO5S. The number of nitrogens with zero attached hydrogens (tertiary/aromatic N) is 1. The molecule has 0 saturated carbocycles. The highest BCUT2D eigenvalue weighted by Gasteiger charge is 2.57. The van der Waals surface area contributed by atoms with Gasteiger partial charge in [0.25, 0.3) is 0 Å². The molecule has 1 fully saturated rings. The third-order valence-electron chi connectivity index (χ3n) is 6.41. The van der Waals surface area contributed by atoms with E-state index >= 15 is 0 Å². The summed E-state index contributed by atoms with van der Waals surface area (Å²) in [4.78, 5) is 14.9. The minimum Gasteiger partial charge on any atom is -0.497 e. The van der Waals surface area contributed by atoms with Crippen LogP contribution in [0.25, 0.3) is 0 Å². The van der Waals surface area contributed by atoms with Crippen LogP contribution in [0.5, 0.6) is 11.5 Å². The first-order valence-corrected chi connectivity index (χ1v) is 11.6. The van der Waals surface area contributed by atoms with Gasteiger partial charge in [-0.2, -0.15) is 0 Å². The van der Waals surface area contributed by atoms with Crippen LogP contribution in [0.4, 0.5) is 0 Å². The van der Waals surface area contributed by atoms with E-state index in [2.05, 4.69) is 13.8 Å². The van der Waals surface area contributed by atoms with Crippen LogP contribution < -0.4 is 9.47 Å². The van der Waals surface area contributed by atoms with Crippen molar-refractivity contribution in [2.45, 2.75) is 54.9 Å². The molecule has 0 aromatic heterocycles. The molecule has 0 aliphatic carbocycles. The van der Waals surface area contributed by atoms with Gasteiger partial charge in [0, 0.05) is 25.5 Å². The van der Waals surface area contributed by atoms with Crippen molar-refractivity contribution < 1.29 is 22.7 Å². The first-order valence-electron chi connectivity index (χ1n) is 10.1. The number of piperidine rings is 1. The molecule has 2 bridgehead atoms. The minimum atomic E-state index is -3.90. The predicted octanol–water partition coefficient (Wildman–Crippen LogP) is 3.72. The Labute approximate surface area is 177 Å². The number of carbonyl (C=O) groups excluding carboxylic acids is 1. The SMILES string of the molecule is COc1ccc2c(c1)OC1(C)CC2C(S(=O)(=O)c2ccc(C(C)C)cc2)C(=O)N1C. The number of ether oxygens (including phenoxy) is 2. The topological polar surface area (TPSA) is 72.9 Å². The lowest BCUT2D eigenvalue weighted by atomic mass is 9.80. The summed E-state index contributed by atoms with van der Waals surface area (Å²) in [5.41, 5.74) is 0.869. The van der Waals surface area contributed by atoms with Crippen molar-refractivity contribution in [3.63, 3.8) is 0 Å². The van der Waals surface area contributed by atoms with E-state index in [4.69, 9.17) is 9.47 Å². The van der Waals surface area contributed by atoms with Gasteiger partial charge in [-0.15, -0.1) is 0 Å². The molecule has 2 aliphatic rings. The average molecular weight is 430 g/mol. The zero-order valence-electron chi connectivity index (χ0n) is 17.9. The van der Waals surface area contributed by atoms with Gasteiger partial charge in [0.2, 0.25) is 5.91 Å². The van der Waals surface area contributed by atoms with Crippen molar-refractivity contribution in [3.8, 4) is 11.5 Å². The van der Waals surface area contributed by atoms with Crippen LogP contribution in [-0.2, 0) is 14.6 Å². The Kier molecular flexibility index (Phi) is 4.84. The summed E-state index contributed by atoms with van der Waals surface area (Å²) in [6.07, 6.45) is 0.405.